The minimum atomic E-state index is -0.326. The topological polar surface area (TPSA) is 29.1 Å². The zero-order chi connectivity index (χ0) is 13.1. The van der Waals surface area contributed by atoms with E-state index in [-0.39, 0.29) is 11.7 Å². The maximum absolute atomic E-state index is 12.9. The zero-order valence-corrected chi connectivity index (χ0v) is 10.5. The number of anilines is 1. The Morgan fingerprint density at radius 3 is 2.67 bits per heavy atom. The van der Waals surface area contributed by atoms with Gasteiger partial charge in [-0.15, -0.1) is 0 Å². The van der Waals surface area contributed by atoms with Gasteiger partial charge in [0, 0.05) is 16.3 Å². The van der Waals surface area contributed by atoms with Crippen LogP contribution in [0.25, 0.3) is 0 Å². The fraction of sp³-hybridized carbons (Fsp3) is 0.0714. The molecule has 2 aromatic rings. The average molecular weight is 264 g/mol. The number of carbonyl (C=O) groups excluding carboxylic acids is 1. The summed E-state index contributed by atoms with van der Waals surface area (Å²) >= 11 is 5.81. The van der Waals surface area contributed by atoms with Crippen LogP contribution in [0, 0.1) is 12.7 Å². The van der Waals surface area contributed by atoms with Crippen LogP contribution in [-0.4, -0.2) is 5.91 Å². The summed E-state index contributed by atoms with van der Waals surface area (Å²) in [7, 11) is 0. The molecule has 0 bridgehead atoms. The number of nitrogens with one attached hydrogen (secondary N) is 1. The second-order valence-corrected chi connectivity index (χ2v) is 4.36. The monoisotopic (exact) mass is 263 g/mol. The van der Waals surface area contributed by atoms with Crippen LogP contribution < -0.4 is 5.32 Å². The van der Waals surface area contributed by atoms with Gasteiger partial charge < -0.3 is 5.32 Å². The fourth-order valence-electron chi connectivity index (χ4n) is 1.59. The van der Waals surface area contributed by atoms with E-state index in [0.29, 0.717) is 21.8 Å². The predicted octanol–water partition coefficient (Wildman–Crippen LogP) is 4.04. The quantitative estimate of drug-likeness (QED) is 0.870. The number of benzene rings is 2. The molecule has 0 aliphatic rings. The smallest absolute Gasteiger partial charge is 0.255 e. The fourth-order valence-corrected chi connectivity index (χ4v) is 1.78. The summed E-state index contributed by atoms with van der Waals surface area (Å²) in [5.74, 6) is -0.597. The third-order valence-electron chi connectivity index (χ3n) is 2.52. The van der Waals surface area contributed by atoms with Crippen molar-refractivity contribution in [1.29, 1.82) is 0 Å². The van der Waals surface area contributed by atoms with Gasteiger partial charge in [0.2, 0.25) is 0 Å². The Balaban J connectivity index is 2.21. The Kier molecular flexibility index (Phi) is 3.63. The zero-order valence-electron chi connectivity index (χ0n) is 9.71. The first-order chi connectivity index (χ1) is 8.56. The van der Waals surface area contributed by atoms with Gasteiger partial charge in [0.1, 0.15) is 5.82 Å². The van der Waals surface area contributed by atoms with Crippen LogP contribution >= 0.6 is 11.6 Å². The van der Waals surface area contributed by atoms with Crippen LogP contribution in [0.5, 0.6) is 0 Å². The second-order valence-electron chi connectivity index (χ2n) is 3.92. The molecular weight excluding hydrogens is 253 g/mol. The van der Waals surface area contributed by atoms with Crippen LogP contribution in [0.4, 0.5) is 10.1 Å². The summed E-state index contributed by atoms with van der Waals surface area (Å²) in [6, 6.07) is 10.9. The highest BCUT2D eigenvalue weighted by Gasteiger charge is 2.08. The summed E-state index contributed by atoms with van der Waals surface area (Å²) in [6.07, 6.45) is 0. The van der Waals surface area contributed by atoms with Gasteiger partial charge in [-0.25, -0.2) is 4.39 Å². The molecule has 2 nitrogen and oxygen atoms in total. The molecule has 0 saturated heterocycles. The summed E-state index contributed by atoms with van der Waals surface area (Å²) < 4.78 is 12.9. The van der Waals surface area contributed by atoms with Crippen molar-refractivity contribution in [2.24, 2.45) is 0 Å². The van der Waals surface area contributed by atoms with Gasteiger partial charge >= 0.3 is 0 Å². The number of hydrogen-bond donors (Lipinski definition) is 1. The van der Waals surface area contributed by atoms with E-state index in [4.69, 9.17) is 11.6 Å². The van der Waals surface area contributed by atoms with E-state index in [1.165, 1.54) is 18.2 Å². The third kappa shape index (κ3) is 2.87. The molecule has 0 saturated carbocycles. The molecule has 0 spiro atoms. The Bertz CT molecular complexity index is 598. The summed E-state index contributed by atoms with van der Waals surface area (Å²) in [4.78, 5) is 11.9. The Hall–Kier alpha value is -1.87. The van der Waals surface area contributed by atoms with Gasteiger partial charge in [-0.2, -0.15) is 0 Å². The first-order valence-electron chi connectivity index (χ1n) is 5.39. The number of carbonyl (C=O) groups is 1. The number of amides is 1. The molecule has 0 atom stereocenters. The molecule has 92 valence electrons. The van der Waals surface area contributed by atoms with Gasteiger partial charge in [-0.3, -0.25) is 4.79 Å². The van der Waals surface area contributed by atoms with Crippen molar-refractivity contribution in [2.75, 3.05) is 5.32 Å². The van der Waals surface area contributed by atoms with E-state index in [1.54, 1.807) is 31.2 Å². The molecule has 1 N–H and O–H groups in total. The summed E-state index contributed by atoms with van der Waals surface area (Å²) in [6.45, 7) is 1.73. The van der Waals surface area contributed by atoms with E-state index in [9.17, 15) is 9.18 Å². The van der Waals surface area contributed by atoms with Crippen molar-refractivity contribution in [3.05, 3.63) is 64.4 Å². The van der Waals surface area contributed by atoms with Crippen molar-refractivity contribution in [3.8, 4) is 0 Å². The number of aryl methyl sites for hydroxylation is 1. The molecular formula is C14H11ClFNO. The van der Waals surface area contributed by atoms with Crippen molar-refractivity contribution in [3.63, 3.8) is 0 Å². The Labute approximate surface area is 109 Å². The van der Waals surface area contributed by atoms with Crippen LogP contribution in [0.1, 0.15) is 15.9 Å². The molecule has 0 aliphatic heterocycles. The van der Waals surface area contributed by atoms with Gasteiger partial charge in [0.05, 0.1) is 0 Å². The summed E-state index contributed by atoms with van der Waals surface area (Å²) in [5, 5.41) is 3.22. The average Bonchev–Trinajstić information content (AvgIpc) is 2.32. The standard InChI is InChI=1S/C14H11ClFNO/c1-9-7-12(16)5-6-13(9)17-14(18)10-3-2-4-11(15)8-10/h2-8H,1H3,(H,17,18). The highest BCUT2D eigenvalue weighted by Crippen LogP contribution is 2.18. The molecule has 2 rings (SSSR count). The van der Waals surface area contributed by atoms with Crippen molar-refractivity contribution in [1.82, 2.24) is 0 Å². The minimum Gasteiger partial charge on any atom is -0.322 e. The van der Waals surface area contributed by atoms with Gasteiger partial charge in [-0.1, -0.05) is 17.7 Å². The lowest BCUT2D eigenvalue weighted by molar-refractivity contribution is 0.102. The van der Waals surface area contributed by atoms with E-state index >= 15 is 0 Å². The van der Waals surface area contributed by atoms with Crippen molar-refractivity contribution >= 4 is 23.2 Å². The lowest BCUT2D eigenvalue weighted by Crippen LogP contribution is -2.12. The Morgan fingerprint density at radius 2 is 2.00 bits per heavy atom. The first-order valence-corrected chi connectivity index (χ1v) is 5.77. The van der Waals surface area contributed by atoms with Gasteiger partial charge in [0.25, 0.3) is 5.91 Å². The highest BCUT2D eigenvalue weighted by atomic mass is 35.5. The molecule has 0 aliphatic carbocycles. The van der Waals surface area contributed by atoms with Crippen LogP contribution in [0.3, 0.4) is 0 Å². The van der Waals surface area contributed by atoms with Gasteiger partial charge in [0.15, 0.2) is 0 Å². The van der Waals surface area contributed by atoms with E-state index in [0.717, 1.165) is 0 Å². The first kappa shape index (κ1) is 12.6. The normalized spacial score (nSPS) is 10.2. The van der Waals surface area contributed by atoms with E-state index in [1.807, 2.05) is 0 Å². The largest absolute Gasteiger partial charge is 0.322 e. The SMILES string of the molecule is Cc1cc(F)ccc1NC(=O)c1cccc(Cl)c1. The maximum atomic E-state index is 12.9. The second kappa shape index (κ2) is 5.19. The lowest BCUT2D eigenvalue weighted by Gasteiger charge is -2.08. The van der Waals surface area contributed by atoms with Crippen molar-refractivity contribution in [2.45, 2.75) is 6.92 Å². The number of rotatable bonds is 2. The molecule has 1 amide bonds. The summed E-state index contributed by atoms with van der Waals surface area (Å²) in [5.41, 5.74) is 1.72. The molecule has 0 unspecified atom stereocenters. The minimum absolute atomic E-state index is 0.271. The molecule has 0 radical (unpaired) electrons. The number of halogens is 2. The molecule has 4 heteroatoms. The van der Waals surface area contributed by atoms with E-state index < -0.39 is 0 Å². The number of hydrogen-bond acceptors (Lipinski definition) is 1. The molecule has 2 aromatic carbocycles. The molecule has 0 aromatic heterocycles. The predicted molar refractivity (Wildman–Crippen MR) is 70.5 cm³/mol. The molecule has 0 fully saturated rings. The van der Waals surface area contributed by atoms with Crippen LogP contribution in [0.15, 0.2) is 42.5 Å². The van der Waals surface area contributed by atoms with Crippen LogP contribution in [0.2, 0.25) is 5.02 Å². The Morgan fingerprint density at radius 1 is 1.22 bits per heavy atom. The maximum Gasteiger partial charge on any atom is 0.255 e. The molecule has 18 heavy (non-hydrogen) atoms. The molecule has 0 heterocycles. The lowest BCUT2D eigenvalue weighted by atomic mass is 10.1. The van der Waals surface area contributed by atoms with Crippen LogP contribution in [-0.2, 0) is 0 Å². The van der Waals surface area contributed by atoms with E-state index in [2.05, 4.69) is 5.32 Å². The highest BCUT2D eigenvalue weighted by molar-refractivity contribution is 6.31. The third-order valence-corrected chi connectivity index (χ3v) is 2.76. The van der Waals surface area contributed by atoms with Crippen molar-refractivity contribution < 1.29 is 9.18 Å². The van der Waals surface area contributed by atoms with Gasteiger partial charge in [-0.05, 0) is 48.9 Å².